The third-order valence-electron chi connectivity index (χ3n) is 4.23. The van der Waals surface area contributed by atoms with Crippen molar-refractivity contribution in [1.29, 1.82) is 0 Å². The van der Waals surface area contributed by atoms with Crippen molar-refractivity contribution in [3.05, 3.63) is 18.2 Å². The summed E-state index contributed by atoms with van der Waals surface area (Å²) in [5.41, 5.74) is 3.35. The fourth-order valence-electron chi connectivity index (χ4n) is 3.37. The van der Waals surface area contributed by atoms with E-state index in [4.69, 9.17) is 0 Å². The SMILES string of the molecule is c1cc2c(c(NC3CCN4CCCC34)c1)N=[Se]=N2. The molecular weight excluding hydrogens is 291 g/mol. The molecule has 18 heavy (non-hydrogen) atoms. The first kappa shape index (κ1) is 11.0. The second kappa shape index (κ2) is 4.33. The van der Waals surface area contributed by atoms with Gasteiger partial charge in [0.2, 0.25) is 0 Å². The summed E-state index contributed by atoms with van der Waals surface area (Å²) < 4.78 is 8.99. The van der Waals surface area contributed by atoms with Crippen LogP contribution in [0.2, 0.25) is 0 Å². The zero-order chi connectivity index (χ0) is 11.9. The molecule has 1 N–H and O–H groups in total. The van der Waals surface area contributed by atoms with E-state index < -0.39 is 0 Å². The molecule has 0 saturated carbocycles. The standard InChI is InChI=1S/C13H16N4Se/c1-3-10(13-11(4-1)15-18-16-13)14-9-6-8-17-7-2-5-12(9)17/h1,3-4,9,12,14H,2,5-8H2. The van der Waals surface area contributed by atoms with Gasteiger partial charge in [-0.2, -0.15) is 0 Å². The molecule has 4 nitrogen and oxygen atoms in total. The Kier molecular flexibility index (Phi) is 2.64. The third kappa shape index (κ3) is 1.69. The fraction of sp³-hybridized carbons (Fsp3) is 0.538. The number of fused-ring (bicyclic) bond motifs is 2. The van der Waals surface area contributed by atoms with E-state index in [1.165, 1.54) is 38.0 Å². The van der Waals surface area contributed by atoms with Gasteiger partial charge in [0.25, 0.3) is 0 Å². The molecule has 0 radical (unpaired) electrons. The average molecular weight is 307 g/mol. The van der Waals surface area contributed by atoms with Crippen LogP contribution in [-0.2, 0) is 0 Å². The molecule has 4 rings (SSSR count). The predicted octanol–water partition coefficient (Wildman–Crippen LogP) is 2.68. The molecular formula is C13H16N4Se. The summed E-state index contributed by atoms with van der Waals surface area (Å²) in [6.45, 7) is 2.54. The minimum absolute atomic E-state index is 0.0647. The Morgan fingerprint density at radius 2 is 2.22 bits per heavy atom. The topological polar surface area (TPSA) is 40.0 Å². The molecule has 0 bridgehead atoms. The maximum atomic E-state index is 4.55. The monoisotopic (exact) mass is 308 g/mol. The van der Waals surface area contributed by atoms with Crippen LogP contribution in [0.25, 0.3) is 0 Å². The van der Waals surface area contributed by atoms with Gasteiger partial charge in [-0.25, -0.2) is 0 Å². The Bertz CT molecular complexity index is 550. The van der Waals surface area contributed by atoms with Gasteiger partial charge in [0.1, 0.15) is 0 Å². The van der Waals surface area contributed by atoms with Crippen LogP contribution < -0.4 is 5.32 Å². The molecule has 94 valence electrons. The predicted molar refractivity (Wildman–Crippen MR) is 73.0 cm³/mol. The van der Waals surface area contributed by atoms with Crippen LogP contribution in [-0.4, -0.2) is 44.6 Å². The number of hydrogen-bond acceptors (Lipinski definition) is 4. The van der Waals surface area contributed by atoms with Crippen LogP contribution in [0, 0.1) is 0 Å². The molecule has 2 atom stereocenters. The van der Waals surface area contributed by atoms with Crippen molar-refractivity contribution in [2.24, 2.45) is 7.92 Å². The van der Waals surface area contributed by atoms with Crippen molar-refractivity contribution >= 4 is 31.6 Å². The van der Waals surface area contributed by atoms with Gasteiger partial charge in [0.05, 0.1) is 0 Å². The first-order valence-electron chi connectivity index (χ1n) is 6.64. The van der Waals surface area contributed by atoms with E-state index in [9.17, 15) is 0 Å². The molecule has 3 heterocycles. The molecule has 5 heteroatoms. The Morgan fingerprint density at radius 3 is 3.22 bits per heavy atom. The second-order valence-corrected chi connectivity index (χ2v) is 6.33. The molecule has 3 aliphatic rings. The van der Waals surface area contributed by atoms with Crippen molar-refractivity contribution in [1.82, 2.24) is 4.90 Å². The molecule has 2 unspecified atom stereocenters. The normalized spacial score (nSPS) is 29.1. The van der Waals surface area contributed by atoms with Gasteiger partial charge in [-0.05, 0) is 0 Å². The van der Waals surface area contributed by atoms with E-state index in [0.29, 0.717) is 6.04 Å². The van der Waals surface area contributed by atoms with Crippen LogP contribution in [0.3, 0.4) is 0 Å². The van der Waals surface area contributed by atoms with Gasteiger partial charge < -0.3 is 0 Å². The number of nitrogens with zero attached hydrogens (tertiary/aromatic N) is 3. The second-order valence-electron chi connectivity index (χ2n) is 5.22. The minimum atomic E-state index is 0.0647. The van der Waals surface area contributed by atoms with Crippen molar-refractivity contribution < 1.29 is 0 Å². The molecule has 1 aromatic carbocycles. The Hall–Kier alpha value is -0.901. The Labute approximate surface area is 113 Å². The summed E-state index contributed by atoms with van der Waals surface area (Å²) in [4.78, 5) is 2.63. The van der Waals surface area contributed by atoms with Gasteiger partial charge in [-0.15, -0.1) is 0 Å². The van der Waals surface area contributed by atoms with Gasteiger partial charge in [0, 0.05) is 0 Å². The summed E-state index contributed by atoms with van der Waals surface area (Å²) in [6, 6.07) is 7.64. The van der Waals surface area contributed by atoms with Crippen LogP contribution in [0.1, 0.15) is 19.3 Å². The Morgan fingerprint density at radius 1 is 1.22 bits per heavy atom. The van der Waals surface area contributed by atoms with Crippen LogP contribution in [0.4, 0.5) is 17.1 Å². The quantitative estimate of drug-likeness (QED) is 0.867. The molecule has 1 aromatic rings. The number of hydrogen-bond donors (Lipinski definition) is 1. The number of rotatable bonds is 2. The summed E-state index contributed by atoms with van der Waals surface area (Å²) in [6.07, 6.45) is 3.97. The summed E-state index contributed by atoms with van der Waals surface area (Å²) >= 11 is 0.0647. The molecule has 0 aromatic heterocycles. The molecule has 3 aliphatic heterocycles. The van der Waals surface area contributed by atoms with E-state index in [1.807, 2.05) is 0 Å². The van der Waals surface area contributed by atoms with E-state index in [0.717, 1.165) is 17.4 Å². The third-order valence-corrected chi connectivity index (χ3v) is 5.37. The number of nitrogens with one attached hydrogen (secondary N) is 1. The molecule has 2 saturated heterocycles. The van der Waals surface area contributed by atoms with Crippen molar-refractivity contribution in [2.75, 3.05) is 18.4 Å². The summed E-state index contributed by atoms with van der Waals surface area (Å²) in [5, 5.41) is 3.73. The molecule has 0 aliphatic carbocycles. The zero-order valence-electron chi connectivity index (χ0n) is 10.2. The van der Waals surface area contributed by atoms with Gasteiger partial charge >= 0.3 is 112 Å². The van der Waals surface area contributed by atoms with E-state index in [1.54, 1.807) is 0 Å². The van der Waals surface area contributed by atoms with Crippen LogP contribution in [0.15, 0.2) is 26.1 Å². The van der Waals surface area contributed by atoms with Crippen LogP contribution in [0.5, 0.6) is 0 Å². The van der Waals surface area contributed by atoms with Crippen molar-refractivity contribution in [3.63, 3.8) is 0 Å². The molecule has 0 amide bonds. The first-order valence-corrected chi connectivity index (χ1v) is 8.17. The molecule has 0 spiro atoms. The van der Waals surface area contributed by atoms with Gasteiger partial charge in [0.15, 0.2) is 0 Å². The maximum absolute atomic E-state index is 4.55. The van der Waals surface area contributed by atoms with Crippen molar-refractivity contribution in [3.8, 4) is 0 Å². The molecule has 2 fully saturated rings. The number of anilines is 1. The summed E-state index contributed by atoms with van der Waals surface area (Å²) in [5.74, 6) is 0. The van der Waals surface area contributed by atoms with Crippen molar-refractivity contribution in [2.45, 2.75) is 31.3 Å². The van der Waals surface area contributed by atoms with E-state index in [-0.39, 0.29) is 14.6 Å². The van der Waals surface area contributed by atoms with Gasteiger partial charge in [-0.3, -0.25) is 0 Å². The van der Waals surface area contributed by atoms with Gasteiger partial charge in [-0.1, -0.05) is 0 Å². The van der Waals surface area contributed by atoms with Crippen LogP contribution >= 0.6 is 0 Å². The number of benzene rings is 1. The first-order chi connectivity index (χ1) is 8.92. The van der Waals surface area contributed by atoms with E-state index >= 15 is 0 Å². The fourth-order valence-corrected chi connectivity index (χ4v) is 4.53. The zero-order valence-corrected chi connectivity index (χ0v) is 11.9. The summed E-state index contributed by atoms with van der Waals surface area (Å²) in [7, 11) is 0. The van der Waals surface area contributed by atoms with E-state index in [2.05, 4.69) is 36.3 Å². The average Bonchev–Trinajstić information content (AvgIpc) is 3.06. The Balaban J connectivity index is 1.59.